The van der Waals surface area contributed by atoms with Gasteiger partial charge < -0.3 is 28.4 Å². The van der Waals surface area contributed by atoms with Gasteiger partial charge in [0.1, 0.15) is 49.3 Å². The predicted molar refractivity (Wildman–Crippen MR) is 336 cm³/mol. The van der Waals surface area contributed by atoms with E-state index in [0.717, 1.165) is 74.0 Å². The number of ketones is 4. The summed E-state index contributed by atoms with van der Waals surface area (Å²) in [6, 6.07) is 38.1. The van der Waals surface area contributed by atoms with E-state index in [0.29, 0.717) is 71.6 Å². The summed E-state index contributed by atoms with van der Waals surface area (Å²) >= 11 is 1.71. The molecule has 8 aliphatic rings. The van der Waals surface area contributed by atoms with E-state index in [1.807, 2.05) is 0 Å². The molecule has 8 atom stereocenters. The molecular weight excluding hydrogens is 1210 g/mol. The zero-order valence-electron chi connectivity index (χ0n) is 50.0. The first-order chi connectivity index (χ1) is 44.8. The Morgan fingerprint density at radius 1 is 0.424 bits per heavy atom. The Morgan fingerprint density at radius 2 is 0.696 bits per heavy atom. The Hall–Kier alpha value is -9.14. The number of thiazole rings is 2. The number of Topliss-reactive ketones (excluding diaryl/α,β-unsaturated/α-hetero) is 4. The lowest BCUT2D eigenvalue weighted by atomic mass is 9.64. The lowest BCUT2D eigenvalue weighted by Gasteiger charge is -2.39. The quantitative estimate of drug-likeness (QED) is 0.0558. The Morgan fingerprint density at radius 3 is 0.967 bits per heavy atom. The first-order valence-electron chi connectivity index (χ1n) is 31.6. The third-order valence-electron chi connectivity index (χ3n) is 20.0. The molecule has 2 aromatic heterocycles. The van der Waals surface area contributed by atoms with Crippen molar-refractivity contribution in [3.8, 4) is 32.4 Å². The minimum atomic E-state index is -2.87. The molecule has 18 nitrogen and oxygen atoms in total. The van der Waals surface area contributed by atoms with E-state index in [1.165, 1.54) is 12.1 Å². The number of hydrogen-bond donors (Lipinski definition) is 0. The zero-order valence-corrected chi connectivity index (χ0v) is 51.6. The molecule has 92 heavy (non-hydrogen) atoms. The molecule has 0 saturated heterocycles. The van der Waals surface area contributed by atoms with Crippen molar-refractivity contribution >= 4 is 91.4 Å². The summed E-state index contributed by atoms with van der Waals surface area (Å²) in [4.78, 5) is 139. The molecule has 0 amide bonds. The standard InChI is InChI=1S/C72H62N4O14S2/c77-57-47-29-43-25-13-14-26-44(43)30-48(47)58(78)55(57)73-69-75-63-61(91-69)51-34-54-52(33-53(51)89-71(63,65(81)85-35-39-17-5-1-6-18-39)66(82)86-36-40-19-7-2-8-20-40)62-64(76-70(92-62)74-56-59(79)49-31-45-27-15-16-28-46(45)32-50(49)60(56)80)72(90-54,67(83)87-37-41-21-9-3-10-22-41)68(84)88-38-42-23-11-4-12-24-42/h1-12,17-24,33-34,43-50H,13-16,25-32,35-38H2. The maximum atomic E-state index is 15.5. The summed E-state index contributed by atoms with van der Waals surface area (Å²) in [6.45, 7) is -1.29. The molecule has 0 bridgehead atoms. The fraction of sp³-hybridized carbons (Fsp3) is 0.361. The molecule has 6 fully saturated rings. The summed E-state index contributed by atoms with van der Waals surface area (Å²) in [5.41, 5.74) is -4.46. The maximum Gasteiger partial charge on any atom is 0.369 e. The van der Waals surface area contributed by atoms with Gasteiger partial charge in [-0.25, -0.2) is 39.1 Å². The Kier molecular flexibility index (Phi) is 15.5. The number of ether oxygens (including phenoxy) is 6. The molecule has 6 saturated carbocycles. The summed E-state index contributed by atoms with van der Waals surface area (Å²) in [7, 11) is 0. The van der Waals surface area contributed by atoms with Gasteiger partial charge in [-0.15, -0.1) is 0 Å². The van der Waals surface area contributed by atoms with Crippen LogP contribution in [-0.4, -0.2) is 68.4 Å². The summed E-state index contributed by atoms with van der Waals surface area (Å²) < 4.78 is 38.0. The van der Waals surface area contributed by atoms with Crippen LogP contribution in [0.2, 0.25) is 0 Å². The predicted octanol–water partition coefficient (Wildman–Crippen LogP) is 12.2. The van der Waals surface area contributed by atoms with Gasteiger partial charge in [-0.2, -0.15) is 0 Å². The van der Waals surface area contributed by atoms with Crippen molar-refractivity contribution in [1.29, 1.82) is 0 Å². The van der Waals surface area contributed by atoms with Crippen molar-refractivity contribution in [3.63, 3.8) is 0 Å². The first kappa shape index (κ1) is 59.2. The van der Waals surface area contributed by atoms with Crippen LogP contribution >= 0.6 is 22.7 Å². The second kappa shape index (κ2) is 24.2. The number of aromatic nitrogens is 2. The number of fused-ring (bicyclic) bond motifs is 10. The fourth-order valence-electron chi connectivity index (χ4n) is 15.4. The van der Waals surface area contributed by atoms with Gasteiger partial charge in [-0.1, -0.05) is 195 Å². The molecule has 20 heteroatoms. The number of hydrogen-bond acceptors (Lipinski definition) is 20. The molecule has 7 aromatic rings. The van der Waals surface area contributed by atoms with Gasteiger partial charge in [-0.05, 0) is 83.7 Å². The Labute approximate surface area is 536 Å². The van der Waals surface area contributed by atoms with E-state index in [-0.39, 0.29) is 115 Å². The molecule has 0 N–H and O–H groups in total. The number of aliphatic imine (C=N–C) groups is 2. The van der Waals surface area contributed by atoms with Crippen molar-refractivity contribution in [2.24, 2.45) is 57.3 Å². The average Bonchev–Trinajstić information content (AvgIpc) is 1.32. The monoisotopic (exact) mass is 1270 g/mol. The molecule has 0 radical (unpaired) electrons. The number of rotatable bonds is 14. The van der Waals surface area contributed by atoms with Crippen LogP contribution in [0.5, 0.6) is 11.5 Å². The minimum absolute atomic E-state index is 0.0670. The van der Waals surface area contributed by atoms with Crippen molar-refractivity contribution in [2.75, 3.05) is 0 Å². The van der Waals surface area contributed by atoms with Gasteiger partial charge in [0.25, 0.3) is 0 Å². The molecule has 15 rings (SSSR count). The SMILES string of the molecule is O=C1C(=Nc2nc3c(s2)-c2cc4c(cc2OC3(C(=O)OCc2ccccc2)C(=O)OCc2ccccc2)-c2sc(N=C3C(=O)C5CC6CCCCC6CC5C3=O)nc2C(C(=O)OCc2ccccc2)(C(=O)OCc2ccccc2)O4)C(=O)C2CC3CCCCC3CC12. The van der Waals surface area contributed by atoms with E-state index in [4.69, 9.17) is 48.4 Å². The van der Waals surface area contributed by atoms with Crippen LogP contribution in [0.25, 0.3) is 20.9 Å². The van der Waals surface area contributed by atoms with Crippen molar-refractivity contribution in [3.05, 3.63) is 167 Å². The van der Waals surface area contributed by atoms with Gasteiger partial charge >= 0.3 is 35.1 Å². The van der Waals surface area contributed by atoms with Gasteiger partial charge in [0.2, 0.25) is 10.3 Å². The van der Waals surface area contributed by atoms with Crippen molar-refractivity contribution in [1.82, 2.24) is 9.97 Å². The van der Waals surface area contributed by atoms with Crippen molar-refractivity contribution < 1.29 is 66.8 Å². The number of carbonyl (C=O) groups excluding carboxylic acids is 8. The third-order valence-corrected chi connectivity index (χ3v) is 22.0. The topological polar surface area (TPSA) is 242 Å². The fourth-order valence-corrected chi connectivity index (χ4v) is 17.4. The third kappa shape index (κ3) is 10.4. The molecule has 0 spiro atoms. The summed E-state index contributed by atoms with van der Waals surface area (Å²) in [5, 5.41) is -0.333. The second-order valence-electron chi connectivity index (χ2n) is 25.4. The van der Waals surface area contributed by atoms with E-state index in [9.17, 15) is 19.2 Å². The highest BCUT2D eigenvalue weighted by Gasteiger charge is 2.63. The Bertz CT molecular complexity index is 3770. The van der Waals surface area contributed by atoms with Gasteiger partial charge in [-0.3, -0.25) is 19.2 Å². The molecular formula is C72H62N4O14S2. The second-order valence-corrected chi connectivity index (χ2v) is 27.3. The van der Waals surface area contributed by atoms with E-state index >= 15 is 19.2 Å². The number of benzene rings is 5. The largest absolute Gasteiger partial charge is 0.458 e. The number of esters is 4. The Balaban J connectivity index is 0.900. The number of carbonyl (C=O) groups is 8. The minimum Gasteiger partial charge on any atom is -0.458 e. The van der Waals surface area contributed by atoms with Crippen LogP contribution < -0.4 is 9.47 Å². The van der Waals surface area contributed by atoms with Crippen LogP contribution in [0.3, 0.4) is 0 Å². The number of nitrogens with zero attached hydrogens (tertiary/aromatic N) is 4. The lowest BCUT2D eigenvalue weighted by molar-refractivity contribution is -0.185. The normalized spacial score (nSPS) is 24.3. The zero-order chi connectivity index (χ0) is 62.8. The smallest absolute Gasteiger partial charge is 0.369 e. The van der Waals surface area contributed by atoms with Crippen LogP contribution in [0.1, 0.15) is 111 Å². The van der Waals surface area contributed by atoms with Crippen LogP contribution in [0, 0.1) is 47.3 Å². The van der Waals surface area contributed by atoms with Gasteiger partial charge in [0, 0.05) is 34.8 Å². The van der Waals surface area contributed by atoms with Gasteiger partial charge in [0.05, 0.1) is 9.75 Å². The maximum absolute atomic E-state index is 15.5. The highest BCUT2D eigenvalue weighted by Crippen LogP contribution is 2.59. The highest BCUT2D eigenvalue weighted by molar-refractivity contribution is 7.19. The molecule has 466 valence electrons. The van der Waals surface area contributed by atoms with E-state index < -0.39 is 58.8 Å². The summed E-state index contributed by atoms with van der Waals surface area (Å²) in [6.07, 6.45) is 10.6. The molecule has 8 unspecified atom stereocenters. The molecule has 6 aliphatic carbocycles. The highest BCUT2D eigenvalue weighted by atomic mass is 32.1. The van der Waals surface area contributed by atoms with E-state index in [2.05, 4.69) is 0 Å². The lowest BCUT2D eigenvalue weighted by Crippen LogP contribution is -2.53. The van der Waals surface area contributed by atoms with Crippen molar-refractivity contribution in [2.45, 2.75) is 115 Å². The first-order valence-corrected chi connectivity index (χ1v) is 33.3. The average molecular weight is 1270 g/mol. The van der Waals surface area contributed by atoms with Crippen LogP contribution in [0.4, 0.5) is 10.3 Å². The summed E-state index contributed by atoms with van der Waals surface area (Å²) in [5.74, 6) is -7.62. The van der Waals surface area contributed by atoms with Crippen LogP contribution in [0.15, 0.2) is 143 Å². The molecule has 4 heterocycles. The molecule has 2 aliphatic heterocycles. The van der Waals surface area contributed by atoms with Crippen LogP contribution in [-0.2, 0) is 94.9 Å². The van der Waals surface area contributed by atoms with E-state index in [1.54, 1.807) is 121 Å². The molecule has 5 aromatic carbocycles. The van der Waals surface area contributed by atoms with Gasteiger partial charge in [0.15, 0.2) is 34.6 Å².